The molecule has 0 saturated carbocycles. The molecule has 1 saturated heterocycles. The zero-order chi connectivity index (χ0) is 6.85. The van der Waals surface area contributed by atoms with Crippen LogP contribution in [0.2, 0.25) is 0 Å². The first-order valence-corrected chi connectivity index (χ1v) is 4.15. The summed E-state index contributed by atoms with van der Waals surface area (Å²) in [5, 5.41) is 0.888. The normalized spacial score (nSPS) is 24.8. The summed E-state index contributed by atoms with van der Waals surface area (Å²) in [7, 11) is 0. The Morgan fingerprint density at radius 3 is 2.60 bits per heavy atom. The first-order valence-electron chi connectivity index (χ1n) is 3.27. The predicted molar refractivity (Wildman–Crippen MR) is 40.2 cm³/mol. The molecule has 0 N–H and O–H groups in total. The molecule has 52 valence electrons. The molecule has 0 bridgehead atoms. The number of carbonyl (C=O) groups excluding carboxylic acids is 1. The molecule has 1 fully saturated rings. The van der Waals surface area contributed by atoms with Crippen molar-refractivity contribution in [1.29, 1.82) is 0 Å². The molecule has 1 atom stereocenters. The number of hydrogen-bond donors (Lipinski definition) is 0. The summed E-state index contributed by atoms with van der Waals surface area (Å²) in [6.07, 6.45) is 2.13. The van der Waals surface area contributed by atoms with Gasteiger partial charge in [0.2, 0.25) is 0 Å². The van der Waals surface area contributed by atoms with E-state index in [1.807, 2.05) is 6.92 Å². The van der Waals surface area contributed by atoms with Gasteiger partial charge in [-0.05, 0) is 11.7 Å². The van der Waals surface area contributed by atoms with Crippen molar-refractivity contribution in [3.05, 3.63) is 5.92 Å². The monoisotopic (exact) mass is 232 g/mol. The van der Waals surface area contributed by atoms with Gasteiger partial charge in [-0.2, -0.15) is 6.92 Å². The van der Waals surface area contributed by atoms with E-state index in [2.05, 4.69) is 6.92 Å². The zero-order valence-corrected chi connectivity index (χ0v) is 10.0. The molecule has 1 aliphatic rings. The van der Waals surface area contributed by atoms with Crippen molar-refractivity contribution in [2.24, 2.45) is 0 Å². The summed E-state index contributed by atoms with van der Waals surface area (Å²) < 4.78 is 0. The number of carbonyl (C=O) groups is 1. The van der Waals surface area contributed by atoms with E-state index in [9.17, 15) is 4.79 Å². The average molecular weight is 232 g/mol. The van der Waals surface area contributed by atoms with Crippen molar-refractivity contribution in [2.45, 2.75) is 31.9 Å². The third kappa shape index (κ3) is 2.56. The van der Waals surface area contributed by atoms with Crippen LogP contribution >= 0.6 is 11.8 Å². The Hall–Kier alpha value is 0.994. The standard InChI is InChI=1S/C7H11OS.Y/c1-3-6-4-5(2)7(8)9-6;/h6H,3-4H2,1-2H3;/q-1;+3. The van der Waals surface area contributed by atoms with Gasteiger partial charge in [-0.3, -0.25) is 0 Å². The van der Waals surface area contributed by atoms with Crippen LogP contribution < -0.4 is 0 Å². The van der Waals surface area contributed by atoms with Gasteiger partial charge in [0.1, 0.15) is 0 Å². The van der Waals surface area contributed by atoms with Crippen molar-refractivity contribution >= 4 is 16.9 Å². The van der Waals surface area contributed by atoms with Gasteiger partial charge in [0, 0.05) is 0 Å². The van der Waals surface area contributed by atoms with E-state index in [0.717, 1.165) is 18.8 Å². The Bertz CT molecular complexity index is 127. The fourth-order valence-electron chi connectivity index (χ4n) is 0.946. The molecule has 0 spiro atoms. The predicted octanol–water partition coefficient (Wildman–Crippen LogP) is 2.02. The van der Waals surface area contributed by atoms with Gasteiger partial charge in [0.15, 0.2) is 0 Å². The summed E-state index contributed by atoms with van der Waals surface area (Å²) in [5.41, 5.74) is 0. The average Bonchev–Trinajstić information content (AvgIpc) is 2.13. The van der Waals surface area contributed by atoms with Gasteiger partial charge in [-0.15, -0.1) is 18.2 Å². The molecule has 0 radical (unpaired) electrons. The summed E-state index contributed by atoms with van der Waals surface area (Å²) in [4.78, 5) is 10.9. The largest absolute Gasteiger partial charge is 3.00 e. The zero-order valence-electron chi connectivity index (χ0n) is 6.39. The minimum Gasteiger partial charge on any atom is -0.322 e. The molecule has 0 amide bonds. The second-order valence-corrected chi connectivity index (χ2v) is 3.69. The van der Waals surface area contributed by atoms with Crippen LogP contribution in [-0.2, 0) is 37.5 Å². The molecule has 1 unspecified atom stereocenters. The first-order chi connectivity index (χ1) is 4.24. The van der Waals surface area contributed by atoms with Crippen LogP contribution in [0.25, 0.3) is 0 Å². The molecule has 0 aromatic rings. The van der Waals surface area contributed by atoms with E-state index in [4.69, 9.17) is 0 Å². The van der Waals surface area contributed by atoms with Gasteiger partial charge >= 0.3 is 32.7 Å². The maximum atomic E-state index is 10.9. The molecule has 0 aromatic carbocycles. The van der Waals surface area contributed by atoms with E-state index in [0.29, 0.717) is 10.4 Å². The maximum Gasteiger partial charge on any atom is 3.00 e. The van der Waals surface area contributed by atoms with Gasteiger partial charge in [-0.25, -0.2) is 0 Å². The van der Waals surface area contributed by atoms with Crippen LogP contribution in [0.4, 0.5) is 0 Å². The number of thioether (sulfide) groups is 1. The summed E-state index contributed by atoms with van der Waals surface area (Å²) in [5.74, 6) is 1.05. The van der Waals surface area contributed by atoms with Crippen LogP contribution in [0, 0.1) is 5.92 Å². The third-order valence-electron chi connectivity index (χ3n) is 1.61. The van der Waals surface area contributed by atoms with Crippen LogP contribution in [0.3, 0.4) is 0 Å². The van der Waals surface area contributed by atoms with Gasteiger partial charge in [-0.1, -0.05) is 6.92 Å². The fraction of sp³-hybridized carbons (Fsp3) is 0.714. The van der Waals surface area contributed by atoms with Crippen molar-refractivity contribution in [3.63, 3.8) is 0 Å². The molecule has 1 nitrogen and oxygen atoms in total. The van der Waals surface area contributed by atoms with Gasteiger partial charge < -0.3 is 10.7 Å². The van der Waals surface area contributed by atoms with E-state index in [1.165, 1.54) is 11.8 Å². The topological polar surface area (TPSA) is 17.1 Å². The van der Waals surface area contributed by atoms with E-state index < -0.39 is 0 Å². The van der Waals surface area contributed by atoms with Gasteiger partial charge in [0.05, 0.1) is 5.12 Å². The molecular formula is C7H11OSY+2. The Kier molecular flexibility index (Phi) is 5.26. The fourth-order valence-corrected chi connectivity index (χ4v) is 2.03. The molecular weight excluding hydrogens is 221 g/mol. The Morgan fingerprint density at radius 2 is 2.40 bits per heavy atom. The van der Waals surface area contributed by atoms with Crippen LogP contribution in [0.15, 0.2) is 0 Å². The molecule has 1 aliphatic heterocycles. The van der Waals surface area contributed by atoms with Crippen molar-refractivity contribution in [1.82, 2.24) is 0 Å². The van der Waals surface area contributed by atoms with Crippen LogP contribution in [0.1, 0.15) is 26.7 Å². The Labute approximate surface area is 91.6 Å². The summed E-state index contributed by atoms with van der Waals surface area (Å²) in [6.45, 7) is 4.06. The Balaban J connectivity index is 0.000000810. The van der Waals surface area contributed by atoms with E-state index in [-0.39, 0.29) is 32.7 Å². The third-order valence-corrected chi connectivity index (χ3v) is 3.01. The van der Waals surface area contributed by atoms with Crippen molar-refractivity contribution < 1.29 is 37.5 Å². The Morgan fingerprint density at radius 1 is 1.80 bits per heavy atom. The SMILES string of the molecule is CCC1C[C-](C)C(=O)S1.[Y+3]. The molecule has 3 heteroatoms. The molecule has 10 heavy (non-hydrogen) atoms. The van der Waals surface area contributed by atoms with Crippen molar-refractivity contribution in [2.75, 3.05) is 0 Å². The van der Waals surface area contributed by atoms with Gasteiger partial charge in [0.25, 0.3) is 0 Å². The summed E-state index contributed by atoms with van der Waals surface area (Å²) in [6, 6.07) is 0. The maximum absolute atomic E-state index is 10.9. The van der Waals surface area contributed by atoms with Crippen LogP contribution in [0.5, 0.6) is 0 Å². The number of hydrogen-bond acceptors (Lipinski definition) is 2. The molecule has 1 heterocycles. The quantitative estimate of drug-likeness (QED) is 0.643. The summed E-state index contributed by atoms with van der Waals surface area (Å²) >= 11 is 1.50. The smallest absolute Gasteiger partial charge is 0.322 e. The van der Waals surface area contributed by atoms with Crippen molar-refractivity contribution in [3.8, 4) is 0 Å². The minimum absolute atomic E-state index is 0. The molecule has 1 rings (SSSR count). The van der Waals surface area contributed by atoms with Crippen LogP contribution in [-0.4, -0.2) is 10.4 Å². The van der Waals surface area contributed by atoms with E-state index >= 15 is 0 Å². The van der Waals surface area contributed by atoms with E-state index in [1.54, 1.807) is 0 Å². The molecule has 0 aromatic heterocycles. The second kappa shape index (κ2) is 4.79. The second-order valence-electron chi connectivity index (χ2n) is 2.42. The first kappa shape index (κ1) is 11.0. The minimum atomic E-state index is 0. The molecule has 0 aliphatic carbocycles. The number of rotatable bonds is 1.